The number of allylic oxidation sites excluding steroid dienone is 1. The van der Waals surface area contributed by atoms with Gasteiger partial charge in [-0.25, -0.2) is 0 Å². The van der Waals surface area contributed by atoms with Gasteiger partial charge in [0.15, 0.2) is 0 Å². The molecule has 0 atom stereocenters. The summed E-state index contributed by atoms with van der Waals surface area (Å²) in [6.07, 6.45) is 16.5. The summed E-state index contributed by atoms with van der Waals surface area (Å²) in [4.78, 5) is 4.34. The van der Waals surface area contributed by atoms with E-state index >= 15 is 0 Å². The molecule has 0 aliphatic rings. The average Bonchev–Trinajstić information content (AvgIpc) is 2.64. The predicted molar refractivity (Wildman–Crippen MR) is 109 cm³/mol. The van der Waals surface area contributed by atoms with Gasteiger partial charge in [-0.3, -0.25) is 4.98 Å². The van der Waals surface area contributed by atoms with Crippen LogP contribution in [-0.2, 0) is 0 Å². The quantitative estimate of drug-likeness (QED) is 0.437. The standard InChI is InChI=1S/C23H33NO/c1-3-5-7-8-10-13-19(12-9-6-4-2)18-21-16-15-20-14-11-17-24-22(20)23(21)25/h11,14-18,25H,3-10,12-13H2,1-2H3. The lowest BCUT2D eigenvalue weighted by atomic mass is 9.97. The molecular formula is C23H33NO. The van der Waals surface area contributed by atoms with Crippen LogP contribution in [0.3, 0.4) is 0 Å². The number of hydrogen-bond donors (Lipinski definition) is 1. The minimum absolute atomic E-state index is 0.317. The van der Waals surface area contributed by atoms with Gasteiger partial charge in [-0.15, -0.1) is 0 Å². The molecule has 0 saturated carbocycles. The Hall–Kier alpha value is -1.83. The maximum atomic E-state index is 10.6. The van der Waals surface area contributed by atoms with Gasteiger partial charge in [0.25, 0.3) is 0 Å². The summed E-state index contributed by atoms with van der Waals surface area (Å²) < 4.78 is 0. The minimum atomic E-state index is 0.317. The van der Waals surface area contributed by atoms with Crippen LogP contribution in [0.5, 0.6) is 5.75 Å². The number of nitrogens with zero attached hydrogens (tertiary/aromatic N) is 1. The molecule has 1 aromatic carbocycles. The van der Waals surface area contributed by atoms with Crippen molar-refractivity contribution in [3.8, 4) is 5.75 Å². The van der Waals surface area contributed by atoms with Gasteiger partial charge in [0, 0.05) is 17.1 Å². The van der Waals surface area contributed by atoms with Crippen LogP contribution >= 0.6 is 0 Å². The van der Waals surface area contributed by atoms with Gasteiger partial charge in [0.1, 0.15) is 11.3 Å². The van der Waals surface area contributed by atoms with Crippen molar-refractivity contribution in [2.75, 3.05) is 0 Å². The Balaban J connectivity index is 2.12. The van der Waals surface area contributed by atoms with Gasteiger partial charge < -0.3 is 5.11 Å². The molecule has 2 aromatic rings. The van der Waals surface area contributed by atoms with Crippen LogP contribution in [0.25, 0.3) is 17.0 Å². The third-order valence-electron chi connectivity index (χ3n) is 4.84. The number of unbranched alkanes of at least 4 members (excludes halogenated alkanes) is 6. The fraction of sp³-hybridized carbons (Fsp3) is 0.522. The first kappa shape index (κ1) is 19.5. The van der Waals surface area contributed by atoms with Gasteiger partial charge >= 0.3 is 0 Å². The molecule has 1 N–H and O–H groups in total. The highest BCUT2D eigenvalue weighted by molar-refractivity contribution is 5.88. The SMILES string of the molecule is CCCCCCCC(=Cc1ccc2cccnc2c1O)CCCCC. The molecular weight excluding hydrogens is 306 g/mol. The van der Waals surface area contributed by atoms with Crippen molar-refractivity contribution in [3.63, 3.8) is 0 Å². The molecule has 0 amide bonds. The lowest BCUT2D eigenvalue weighted by Crippen LogP contribution is -1.89. The fourth-order valence-corrected chi connectivity index (χ4v) is 3.31. The summed E-state index contributed by atoms with van der Waals surface area (Å²) in [7, 11) is 0. The molecule has 0 unspecified atom stereocenters. The predicted octanol–water partition coefficient (Wildman–Crippen LogP) is 7.26. The monoisotopic (exact) mass is 339 g/mol. The van der Waals surface area contributed by atoms with Crippen molar-refractivity contribution in [2.45, 2.75) is 78.1 Å². The molecule has 2 rings (SSSR count). The van der Waals surface area contributed by atoms with Crippen molar-refractivity contribution in [1.82, 2.24) is 4.98 Å². The Labute approximate surface area is 153 Å². The summed E-state index contributed by atoms with van der Waals surface area (Å²) in [6.45, 7) is 4.50. The highest BCUT2D eigenvalue weighted by Crippen LogP contribution is 2.30. The van der Waals surface area contributed by atoms with Crippen LogP contribution in [0.1, 0.15) is 83.6 Å². The first-order valence-electron chi connectivity index (χ1n) is 10.0. The van der Waals surface area contributed by atoms with Crippen LogP contribution in [-0.4, -0.2) is 10.1 Å². The minimum Gasteiger partial charge on any atom is -0.505 e. The second-order valence-electron chi connectivity index (χ2n) is 7.00. The maximum Gasteiger partial charge on any atom is 0.149 e. The zero-order valence-electron chi connectivity index (χ0n) is 15.9. The van der Waals surface area contributed by atoms with E-state index in [1.165, 1.54) is 56.9 Å². The summed E-state index contributed by atoms with van der Waals surface area (Å²) in [5, 5.41) is 11.6. The van der Waals surface area contributed by atoms with E-state index < -0.39 is 0 Å². The van der Waals surface area contributed by atoms with Crippen molar-refractivity contribution in [3.05, 3.63) is 41.6 Å². The van der Waals surface area contributed by atoms with Gasteiger partial charge in [-0.05, 0) is 31.7 Å². The van der Waals surface area contributed by atoms with Crippen molar-refractivity contribution in [2.24, 2.45) is 0 Å². The Morgan fingerprint density at radius 3 is 2.36 bits per heavy atom. The van der Waals surface area contributed by atoms with E-state index in [4.69, 9.17) is 0 Å². The first-order chi connectivity index (χ1) is 12.3. The number of benzene rings is 1. The first-order valence-corrected chi connectivity index (χ1v) is 10.0. The van der Waals surface area contributed by atoms with E-state index in [9.17, 15) is 5.11 Å². The largest absolute Gasteiger partial charge is 0.505 e. The van der Waals surface area contributed by atoms with Crippen LogP contribution < -0.4 is 0 Å². The third kappa shape index (κ3) is 6.19. The molecule has 0 aliphatic heterocycles. The maximum absolute atomic E-state index is 10.6. The molecule has 0 spiro atoms. The van der Waals surface area contributed by atoms with Crippen molar-refractivity contribution >= 4 is 17.0 Å². The molecule has 136 valence electrons. The number of aromatic hydroxyl groups is 1. The summed E-state index contributed by atoms with van der Waals surface area (Å²) in [6, 6.07) is 7.98. The van der Waals surface area contributed by atoms with Gasteiger partial charge in [0.2, 0.25) is 0 Å². The second-order valence-corrected chi connectivity index (χ2v) is 7.00. The zero-order valence-corrected chi connectivity index (χ0v) is 15.9. The van der Waals surface area contributed by atoms with E-state index in [-0.39, 0.29) is 0 Å². The van der Waals surface area contributed by atoms with Gasteiger partial charge in [-0.1, -0.05) is 82.2 Å². The Morgan fingerprint density at radius 2 is 1.60 bits per heavy atom. The summed E-state index contributed by atoms with van der Waals surface area (Å²) >= 11 is 0. The van der Waals surface area contributed by atoms with E-state index in [1.807, 2.05) is 18.2 Å². The molecule has 25 heavy (non-hydrogen) atoms. The van der Waals surface area contributed by atoms with Gasteiger partial charge in [0.05, 0.1) is 0 Å². The van der Waals surface area contributed by atoms with Crippen molar-refractivity contribution < 1.29 is 5.11 Å². The molecule has 0 saturated heterocycles. The lowest BCUT2D eigenvalue weighted by molar-refractivity contribution is 0.479. The number of pyridine rings is 1. The molecule has 1 heterocycles. The highest BCUT2D eigenvalue weighted by Gasteiger charge is 2.07. The number of phenolic OH excluding ortho intramolecular Hbond substituents is 1. The molecule has 2 heteroatoms. The zero-order chi connectivity index (χ0) is 17.9. The molecule has 0 radical (unpaired) electrons. The van der Waals surface area contributed by atoms with Crippen LogP contribution in [0.15, 0.2) is 36.0 Å². The van der Waals surface area contributed by atoms with E-state index in [0.29, 0.717) is 11.3 Å². The van der Waals surface area contributed by atoms with Gasteiger partial charge in [-0.2, -0.15) is 0 Å². The second kappa shape index (κ2) is 10.9. The molecule has 0 bridgehead atoms. The Morgan fingerprint density at radius 1 is 0.920 bits per heavy atom. The fourth-order valence-electron chi connectivity index (χ4n) is 3.31. The molecule has 0 aliphatic carbocycles. The molecule has 0 fully saturated rings. The normalized spacial score (nSPS) is 12.0. The average molecular weight is 340 g/mol. The highest BCUT2D eigenvalue weighted by atomic mass is 16.3. The number of fused-ring (bicyclic) bond motifs is 1. The number of rotatable bonds is 11. The van der Waals surface area contributed by atoms with Crippen molar-refractivity contribution in [1.29, 1.82) is 0 Å². The van der Waals surface area contributed by atoms with E-state index in [1.54, 1.807) is 6.20 Å². The lowest BCUT2D eigenvalue weighted by Gasteiger charge is -2.10. The molecule has 2 nitrogen and oxygen atoms in total. The Kier molecular flexibility index (Phi) is 8.51. The topological polar surface area (TPSA) is 33.1 Å². The summed E-state index contributed by atoms with van der Waals surface area (Å²) in [5.74, 6) is 0.317. The number of phenols is 1. The van der Waals surface area contributed by atoms with Crippen LogP contribution in [0, 0.1) is 0 Å². The number of hydrogen-bond acceptors (Lipinski definition) is 2. The van der Waals surface area contributed by atoms with E-state index in [0.717, 1.165) is 23.8 Å². The smallest absolute Gasteiger partial charge is 0.149 e. The van der Waals surface area contributed by atoms with Crippen LogP contribution in [0.2, 0.25) is 0 Å². The summed E-state index contributed by atoms with van der Waals surface area (Å²) in [5.41, 5.74) is 3.08. The Bertz CT molecular complexity index is 675. The number of aromatic nitrogens is 1. The third-order valence-corrected chi connectivity index (χ3v) is 4.84. The molecule has 1 aromatic heterocycles. The van der Waals surface area contributed by atoms with Crippen LogP contribution in [0.4, 0.5) is 0 Å². The van der Waals surface area contributed by atoms with E-state index in [2.05, 4.69) is 31.0 Å².